The Balaban J connectivity index is 0.000000172. The van der Waals surface area contributed by atoms with Gasteiger partial charge in [-0.3, -0.25) is 37.0 Å². The van der Waals surface area contributed by atoms with Gasteiger partial charge in [0.1, 0.15) is 0 Å². The van der Waals surface area contributed by atoms with Crippen molar-refractivity contribution in [1.29, 1.82) is 0 Å². The van der Waals surface area contributed by atoms with Gasteiger partial charge >= 0.3 is 20.1 Å². The Labute approximate surface area is 300 Å². The van der Waals surface area contributed by atoms with Crippen molar-refractivity contribution < 1.29 is 37.7 Å². The van der Waals surface area contributed by atoms with Crippen LogP contribution in [0.15, 0.2) is 110 Å². The molecule has 256 valence electrons. The molecule has 0 aliphatic heterocycles. The Morgan fingerprint density at radius 1 is 0.720 bits per heavy atom. The standard InChI is InChI=1S/C17H17N4.2C10H7F2N2.Ir/c1-17(2,3)13-9-10-18-14(11-13)16-19-15(20-21-16)12-7-5-4-6-8-12;2*11-9-3-2-8(10(12)6-9)7-14-5-1-4-13-14;/h4-11H,1-3H3;2*1,3-6H,7H2;/q3*-1;+3. The van der Waals surface area contributed by atoms with E-state index in [1.807, 2.05) is 42.5 Å². The molecule has 0 atom stereocenters. The van der Waals surface area contributed by atoms with E-state index in [2.05, 4.69) is 63.3 Å². The minimum Gasteiger partial charge on any atom is -0.417 e. The number of halogens is 4. The van der Waals surface area contributed by atoms with Crippen LogP contribution in [0.1, 0.15) is 37.5 Å². The van der Waals surface area contributed by atoms with Gasteiger partial charge in [0.15, 0.2) is 0 Å². The quantitative estimate of drug-likeness (QED) is 0.128. The maximum Gasteiger partial charge on any atom is 3.00 e. The first-order valence-corrected chi connectivity index (χ1v) is 15.1. The Morgan fingerprint density at radius 3 is 1.76 bits per heavy atom. The molecule has 0 aliphatic carbocycles. The van der Waals surface area contributed by atoms with Crippen LogP contribution in [-0.2, 0) is 38.6 Å². The van der Waals surface area contributed by atoms with Gasteiger partial charge in [-0.05, 0) is 46.6 Å². The molecule has 13 heteroatoms. The van der Waals surface area contributed by atoms with Gasteiger partial charge in [-0.2, -0.15) is 22.3 Å². The van der Waals surface area contributed by atoms with Crippen LogP contribution in [0.2, 0.25) is 0 Å². The normalized spacial score (nSPS) is 10.7. The maximum atomic E-state index is 13.1. The fraction of sp³-hybridized carbons (Fsp3) is 0.162. The number of benzene rings is 3. The molecule has 50 heavy (non-hydrogen) atoms. The Kier molecular flexibility index (Phi) is 13.1. The first-order chi connectivity index (χ1) is 23.5. The van der Waals surface area contributed by atoms with E-state index in [-0.39, 0.29) is 38.6 Å². The summed E-state index contributed by atoms with van der Waals surface area (Å²) in [5.41, 5.74) is 3.60. The van der Waals surface area contributed by atoms with Crippen molar-refractivity contribution in [3.63, 3.8) is 0 Å². The van der Waals surface area contributed by atoms with Crippen molar-refractivity contribution in [2.24, 2.45) is 0 Å². The summed E-state index contributed by atoms with van der Waals surface area (Å²) in [6, 6.07) is 26.3. The van der Waals surface area contributed by atoms with Gasteiger partial charge in [0.25, 0.3) is 0 Å². The third kappa shape index (κ3) is 10.6. The fourth-order valence-electron chi connectivity index (χ4n) is 4.38. The molecule has 8 nitrogen and oxygen atoms in total. The molecule has 7 rings (SSSR count). The van der Waals surface area contributed by atoms with Gasteiger partial charge in [-0.1, -0.05) is 51.1 Å². The molecule has 0 amide bonds. The second-order valence-electron chi connectivity index (χ2n) is 11.7. The summed E-state index contributed by atoms with van der Waals surface area (Å²) in [6.07, 6.45) is 8.41. The molecule has 0 radical (unpaired) electrons. The average Bonchev–Trinajstić information content (AvgIpc) is 3.89. The predicted octanol–water partition coefficient (Wildman–Crippen LogP) is 7.48. The van der Waals surface area contributed by atoms with Crippen molar-refractivity contribution in [2.45, 2.75) is 39.3 Å². The number of pyridine rings is 1. The molecule has 0 unspecified atom stereocenters. The topological polar surface area (TPSA) is 88.4 Å². The van der Waals surface area contributed by atoms with E-state index in [4.69, 9.17) is 0 Å². The van der Waals surface area contributed by atoms with Gasteiger partial charge in [0, 0.05) is 67.3 Å². The molecule has 7 aromatic rings. The van der Waals surface area contributed by atoms with Crippen LogP contribution in [0.4, 0.5) is 17.6 Å². The van der Waals surface area contributed by atoms with Crippen LogP contribution in [0.3, 0.4) is 0 Å². The van der Waals surface area contributed by atoms with Crippen LogP contribution in [-0.4, -0.2) is 34.6 Å². The number of hydrogen-bond acceptors (Lipinski definition) is 5. The molecule has 3 aromatic carbocycles. The number of nitrogens with zero attached hydrogens (tertiary/aromatic N) is 8. The van der Waals surface area contributed by atoms with Crippen LogP contribution in [0.25, 0.3) is 22.9 Å². The van der Waals surface area contributed by atoms with Gasteiger partial charge in [-0.15, -0.1) is 35.4 Å². The number of rotatable bonds is 6. The molecule has 0 spiro atoms. The van der Waals surface area contributed by atoms with Crippen molar-refractivity contribution in [3.8, 4) is 22.9 Å². The first-order valence-electron chi connectivity index (χ1n) is 15.1. The summed E-state index contributed by atoms with van der Waals surface area (Å²) >= 11 is 0. The van der Waals surface area contributed by atoms with Crippen molar-refractivity contribution >= 4 is 0 Å². The summed E-state index contributed by atoms with van der Waals surface area (Å²) in [4.78, 5) is 8.85. The largest absolute Gasteiger partial charge is 3.00 e. The van der Waals surface area contributed by atoms with Crippen molar-refractivity contribution in [3.05, 3.63) is 162 Å². The molecule has 0 N–H and O–H groups in total. The summed E-state index contributed by atoms with van der Waals surface area (Å²) in [5.74, 6) is -1.23. The summed E-state index contributed by atoms with van der Waals surface area (Å²) < 4.78 is 54.4. The Morgan fingerprint density at radius 2 is 1.28 bits per heavy atom. The molecular formula is C37H31F4IrN8. The van der Waals surface area contributed by atoms with Gasteiger partial charge < -0.3 is 10.1 Å². The Bertz CT molecular complexity index is 1980. The molecule has 0 saturated carbocycles. The molecule has 4 heterocycles. The van der Waals surface area contributed by atoms with Gasteiger partial charge in [0.2, 0.25) is 0 Å². The van der Waals surface area contributed by atoms with Gasteiger partial charge in [-0.25, -0.2) is 0 Å². The smallest absolute Gasteiger partial charge is 0.417 e. The second kappa shape index (κ2) is 17.4. The maximum absolute atomic E-state index is 13.1. The van der Waals surface area contributed by atoms with Crippen molar-refractivity contribution in [2.75, 3.05) is 0 Å². The first kappa shape index (κ1) is 37.6. The van der Waals surface area contributed by atoms with E-state index in [1.165, 1.54) is 5.56 Å². The van der Waals surface area contributed by atoms with E-state index >= 15 is 0 Å². The molecule has 4 aromatic heterocycles. The summed E-state index contributed by atoms with van der Waals surface area (Å²) in [6.45, 7) is 7.04. The molecule has 0 saturated heterocycles. The summed E-state index contributed by atoms with van der Waals surface area (Å²) in [7, 11) is 0. The van der Waals surface area contributed by atoms with E-state index in [0.717, 1.165) is 35.5 Å². The predicted molar refractivity (Wildman–Crippen MR) is 176 cm³/mol. The fourth-order valence-corrected chi connectivity index (χ4v) is 4.38. The van der Waals surface area contributed by atoms with Crippen LogP contribution in [0, 0.1) is 35.4 Å². The monoisotopic (exact) mass is 856 g/mol. The minimum absolute atomic E-state index is 0. The molecular weight excluding hydrogens is 825 g/mol. The number of aromatic nitrogens is 8. The van der Waals surface area contributed by atoms with Crippen LogP contribution in [0.5, 0.6) is 0 Å². The third-order valence-corrected chi connectivity index (χ3v) is 6.97. The SMILES string of the molecule is CC(C)(C)c1ccnc(-c2nc(-c3ccccc3)n[n-]2)c1.Fc1c[c-]c(Cn2cccn2)c(F)c1.Fc1c[c-]c(Cn2cccn2)c(F)c1.[Ir+3]. The van der Waals surface area contributed by atoms with E-state index in [9.17, 15) is 17.6 Å². The van der Waals surface area contributed by atoms with E-state index < -0.39 is 23.3 Å². The number of hydrogen-bond donors (Lipinski definition) is 0. The van der Waals surface area contributed by atoms with E-state index in [1.54, 1.807) is 52.5 Å². The molecule has 0 fully saturated rings. The molecule has 0 aliphatic rings. The second-order valence-corrected chi connectivity index (χ2v) is 11.7. The summed E-state index contributed by atoms with van der Waals surface area (Å²) in [5, 5.41) is 16.1. The van der Waals surface area contributed by atoms with E-state index in [0.29, 0.717) is 22.8 Å². The average molecular weight is 856 g/mol. The van der Waals surface area contributed by atoms with Crippen LogP contribution < -0.4 is 5.10 Å². The Hall–Kier alpha value is -5.26. The van der Waals surface area contributed by atoms with Crippen LogP contribution >= 0.6 is 0 Å². The molecule has 0 bridgehead atoms. The zero-order valence-corrected chi connectivity index (χ0v) is 29.6. The zero-order chi connectivity index (χ0) is 34.8. The van der Waals surface area contributed by atoms with Crippen molar-refractivity contribution in [1.82, 2.24) is 39.7 Å². The minimum atomic E-state index is -0.619. The third-order valence-electron chi connectivity index (χ3n) is 6.97. The zero-order valence-electron chi connectivity index (χ0n) is 27.2. The van der Waals surface area contributed by atoms with Gasteiger partial charge in [0.05, 0.1) is 11.5 Å².